The Morgan fingerprint density at radius 3 is 2.42 bits per heavy atom. The molecule has 0 spiro atoms. The van der Waals surface area contributed by atoms with Gasteiger partial charge in [-0.1, -0.05) is 0 Å². The van der Waals surface area contributed by atoms with Crippen LogP contribution in [-0.2, 0) is 6.54 Å². The van der Waals surface area contributed by atoms with E-state index < -0.39 is 0 Å². The lowest BCUT2D eigenvalue weighted by atomic mass is 10.2. The van der Waals surface area contributed by atoms with E-state index in [2.05, 4.69) is 10.00 Å². The molecule has 2 aliphatic carbocycles. The summed E-state index contributed by atoms with van der Waals surface area (Å²) in [6, 6.07) is 0. The van der Waals surface area contributed by atoms with Gasteiger partial charge in [0.2, 0.25) is 0 Å². The second-order valence-corrected chi connectivity index (χ2v) is 6.25. The van der Waals surface area contributed by atoms with Gasteiger partial charge in [-0.2, -0.15) is 5.10 Å². The summed E-state index contributed by atoms with van der Waals surface area (Å²) in [5.41, 5.74) is 6.28. The molecule has 0 bridgehead atoms. The third-order valence-corrected chi connectivity index (χ3v) is 3.95. The van der Waals surface area contributed by atoms with Crippen LogP contribution in [0.25, 0.3) is 0 Å². The summed E-state index contributed by atoms with van der Waals surface area (Å²) < 4.78 is 1.73. The molecular formula is C14H24N4O. The van der Waals surface area contributed by atoms with Gasteiger partial charge >= 0.3 is 0 Å². The van der Waals surface area contributed by atoms with Gasteiger partial charge in [0.15, 0.2) is 0 Å². The lowest BCUT2D eigenvalue weighted by Crippen LogP contribution is -2.37. The molecule has 5 nitrogen and oxygen atoms in total. The van der Waals surface area contributed by atoms with Gasteiger partial charge < -0.3 is 15.7 Å². The van der Waals surface area contributed by atoms with Crippen LogP contribution in [0.4, 0.5) is 5.69 Å². The van der Waals surface area contributed by atoms with Gasteiger partial charge in [0, 0.05) is 25.8 Å². The van der Waals surface area contributed by atoms with Crippen LogP contribution in [0.3, 0.4) is 0 Å². The van der Waals surface area contributed by atoms with Crippen molar-refractivity contribution in [3.8, 4) is 0 Å². The van der Waals surface area contributed by atoms with Crippen LogP contribution >= 0.6 is 0 Å². The average Bonchev–Trinajstić information content (AvgIpc) is 3.24. The Morgan fingerprint density at radius 2 is 1.95 bits per heavy atom. The van der Waals surface area contributed by atoms with E-state index in [0.29, 0.717) is 12.2 Å². The lowest BCUT2D eigenvalue weighted by molar-refractivity contribution is 0.0902. The lowest BCUT2D eigenvalue weighted by Gasteiger charge is -2.25. The summed E-state index contributed by atoms with van der Waals surface area (Å²) in [4.78, 5) is 2.45. The predicted molar refractivity (Wildman–Crippen MR) is 74.5 cm³/mol. The molecule has 0 amide bonds. The second-order valence-electron chi connectivity index (χ2n) is 6.25. The third kappa shape index (κ3) is 4.21. The van der Waals surface area contributed by atoms with Gasteiger partial charge in [-0.05, 0) is 37.5 Å². The maximum atomic E-state index is 10.2. The van der Waals surface area contributed by atoms with Crippen molar-refractivity contribution >= 4 is 5.69 Å². The van der Waals surface area contributed by atoms with Gasteiger partial charge in [0.25, 0.3) is 0 Å². The predicted octanol–water partition coefficient (Wildman–Crippen LogP) is 0.948. The maximum absolute atomic E-state index is 10.2. The van der Waals surface area contributed by atoms with Crippen molar-refractivity contribution in [2.75, 3.05) is 25.4 Å². The topological polar surface area (TPSA) is 67.3 Å². The minimum absolute atomic E-state index is 0.364. The van der Waals surface area contributed by atoms with Crippen molar-refractivity contribution in [3.63, 3.8) is 0 Å². The molecule has 1 heterocycles. The molecule has 19 heavy (non-hydrogen) atoms. The van der Waals surface area contributed by atoms with E-state index in [1.54, 1.807) is 17.1 Å². The van der Waals surface area contributed by atoms with E-state index in [0.717, 1.165) is 31.5 Å². The molecule has 5 heteroatoms. The SMILES string of the molecule is Nc1cnn(CC(O)CN(CC2CC2)CC2CC2)c1. The summed E-state index contributed by atoms with van der Waals surface area (Å²) >= 11 is 0. The summed E-state index contributed by atoms with van der Waals surface area (Å²) in [5.74, 6) is 1.76. The third-order valence-electron chi connectivity index (χ3n) is 3.95. The van der Waals surface area contributed by atoms with Gasteiger partial charge in [-0.25, -0.2) is 0 Å². The number of hydrogen-bond donors (Lipinski definition) is 2. The first-order chi connectivity index (χ1) is 9.19. The van der Waals surface area contributed by atoms with E-state index in [1.165, 1.54) is 25.7 Å². The van der Waals surface area contributed by atoms with Crippen LogP contribution in [0.1, 0.15) is 25.7 Å². The van der Waals surface area contributed by atoms with Crippen molar-refractivity contribution in [1.29, 1.82) is 0 Å². The van der Waals surface area contributed by atoms with E-state index in [9.17, 15) is 5.11 Å². The van der Waals surface area contributed by atoms with Crippen molar-refractivity contribution in [1.82, 2.24) is 14.7 Å². The molecule has 0 aliphatic heterocycles. The largest absolute Gasteiger partial charge is 0.396 e. The molecule has 2 fully saturated rings. The van der Waals surface area contributed by atoms with Gasteiger partial charge in [-0.15, -0.1) is 0 Å². The number of rotatable bonds is 8. The summed E-state index contributed by atoms with van der Waals surface area (Å²) in [6.45, 7) is 3.61. The molecule has 3 rings (SSSR count). The first-order valence-electron chi connectivity index (χ1n) is 7.37. The minimum atomic E-state index is -0.364. The Labute approximate surface area is 114 Å². The molecule has 2 aliphatic rings. The van der Waals surface area contributed by atoms with Crippen LogP contribution in [0.2, 0.25) is 0 Å². The molecule has 0 radical (unpaired) electrons. The molecule has 2 saturated carbocycles. The van der Waals surface area contributed by atoms with E-state index in [-0.39, 0.29) is 6.10 Å². The van der Waals surface area contributed by atoms with E-state index in [4.69, 9.17) is 5.73 Å². The highest BCUT2D eigenvalue weighted by atomic mass is 16.3. The monoisotopic (exact) mass is 264 g/mol. The molecule has 3 N–H and O–H groups in total. The molecule has 1 atom stereocenters. The molecule has 106 valence electrons. The maximum Gasteiger partial charge on any atom is 0.0862 e. The fourth-order valence-electron chi connectivity index (χ4n) is 2.61. The van der Waals surface area contributed by atoms with Crippen LogP contribution in [0.5, 0.6) is 0 Å². The number of nitrogen functional groups attached to an aromatic ring is 1. The molecule has 1 aromatic rings. The van der Waals surface area contributed by atoms with Crippen molar-refractivity contribution < 1.29 is 5.11 Å². The zero-order valence-electron chi connectivity index (χ0n) is 11.4. The van der Waals surface area contributed by atoms with Crippen molar-refractivity contribution in [2.45, 2.75) is 38.3 Å². The molecule has 1 unspecified atom stereocenters. The summed E-state index contributed by atoms with van der Waals surface area (Å²) in [6.07, 6.45) is 8.51. The zero-order chi connectivity index (χ0) is 13.2. The van der Waals surface area contributed by atoms with E-state index in [1.807, 2.05) is 0 Å². The smallest absolute Gasteiger partial charge is 0.0862 e. The number of anilines is 1. The average molecular weight is 264 g/mol. The zero-order valence-corrected chi connectivity index (χ0v) is 11.4. The summed E-state index contributed by atoms with van der Waals surface area (Å²) in [5, 5.41) is 14.3. The van der Waals surface area contributed by atoms with Gasteiger partial charge in [-0.3, -0.25) is 4.68 Å². The highest BCUT2D eigenvalue weighted by Gasteiger charge is 2.29. The van der Waals surface area contributed by atoms with Crippen LogP contribution in [-0.4, -0.2) is 45.5 Å². The Morgan fingerprint density at radius 1 is 1.32 bits per heavy atom. The minimum Gasteiger partial charge on any atom is -0.396 e. The number of hydrogen-bond acceptors (Lipinski definition) is 4. The Hall–Kier alpha value is -1.07. The normalized spacial score (nSPS) is 20.9. The number of nitrogens with two attached hydrogens (primary N) is 1. The first kappa shape index (κ1) is 12.9. The first-order valence-corrected chi connectivity index (χ1v) is 7.37. The standard InChI is InChI=1S/C14H24N4O/c15-13-5-16-18(8-13)10-14(19)9-17(6-11-1-2-11)7-12-3-4-12/h5,8,11-12,14,19H,1-4,6-7,9-10,15H2. The fourth-order valence-corrected chi connectivity index (χ4v) is 2.61. The number of aliphatic hydroxyl groups excluding tert-OH is 1. The Balaban J connectivity index is 1.47. The molecular weight excluding hydrogens is 240 g/mol. The van der Waals surface area contributed by atoms with Gasteiger partial charge in [0.05, 0.1) is 24.5 Å². The highest BCUT2D eigenvalue weighted by Crippen LogP contribution is 2.33. The quantitative estimate of drug-likeness (QED) is 0.733. The molecule has 0 aromatic carbocycles. The Kier molecular flexibility index (Phi) is 3.75. The fraction of sp³-hybridized carbons (Fsp3) is 0.786. The summed E-state index contributed by atoms with van der Waals surface area (Å²) in [7, 11) is 0. The van der Waals surface area contributed by atoms with Gasteiger partial charge in [0.1, 0.15) is 0 Å². The van der Waals surface area contributed by atoms with Crippen molar-refractivity contribution in [2.24, 2.45) is 11.8 Å². The number of aromatic nitrogens is 2. The van der Waals surface area contributed by atoms with Crippen LogP contribution in [0, 0.1) is 11.8 Å². The Bertz CT molecular complexity index is 397. The van der Waals surface area contributed by atoms with Crippen LogP contribution < -0.4 is 5.73 Å². The number of aliphatic hydroxyl groups is 1. The second kappa shape index (κ2) is 5.51. The van der Waals surface area contributed by atoms with Crippen molar-refractivity contribution in [3.05, 3.63) is 12.4 Å². The number of nitrogens with zero attached hydrogens (tertiary/aromatic N) is 3. The van der Waals surface area contributed by atoms with E-state index >= 15 is 0 Å². The molecule has 0 saturated heterocycles. The molecule has 1 aromatic heterocycles. The van der Waals surface area contributed by atoms with Crippen LogP contribution in [0.15, 0.2) is 12.4 Å². The highest BCUT2D eigenvalue weighted by molar-refractivity contribution is 5.30.